The molecule has 0 atom stereocenters. The lowest BCUT2D eigenvalue weighted by atomic mass is 10.1. The van der Waals surface area contributed by atoms with Crippen molar-refractivity contribution in [1.82, 2.24) is 24.9 Å². The van der Waals surface area contributed by atoms with Crippen LogP contribution in [0.1, 0.15) is 53.8 Å². The maximum Gasteiger partial charge on any atom is 0.252 e. The van der Waals surface area contributed by atoms with Crippen LogP contribution in [0, 0.1) is 13.8 Å². The number of rotatable bonds is 7. The lowest BCUT2D eigenvalue weighted by Gasteiger charge is -2.23. The van der Waals surface area contributed by atoms with Crippen LogP contribution in [-0.2, 0) is 24.3 Å². The number of piperidine rings is 1. The van der Waals surface area contributed by atoms with E-state index in [2.05, 4.69) is 44.6 Å². The molecule has 1 saturated heterocycles. The number of carbonyl (C=O) groups is 1. The van der Waals surface area contributed by atoms with Gasteiger partial charge in [0.1, 0.15) is 12.9 Å². The molecular weight excluding hydrogens is 376 g/mol. The first-order valence-electron chi connectivity index (χ1n) is 10.9. The van der Waals surface area contributed by atoms with E-state index in [4.69, 9.17) is 0 Å². The van der Waals surface area contributed by atoms with Gasteiger partial charge < -0.3 is 10.2 Å². The number of likely N-dealkylation sites (tertiary alicyclic amines) is 1. The number of amides is 1. The van der Waals surface area contributed by atoms with E-state index >= 15 is 0 Å². The fourth-order valence-corrected chi connectivity index (χ4v) is 4.34. The van der Waals surface area contributed by atoms with Crippen molar-refractivity contribution in [3.05, 3.63) is 58.7 Å². The van der Waals surface area contributed by atoms with Crippen LogP contribution in [0.2, 0.25) is 0 Å². The maximum absolute atomic E-state index is 12.4. The second-order valence-electron chi connectivity index (χ2n) is 8.31. The third kappa shape index (κ3) is 4.84. The van der Waals surface area contributed by atoms with Crippen LogP contribution in [0.25, 0.3) is 5.78 Å². The predicted octanol–water partition coefficient (Wildman–Crippen LogP) is 1.56. The van der Waals surface area contributed by atoms with Gasteiger partial charge in [-0.3, -0.25) is 4.79 Å². The van der Waals surface area contributed by atoms with Crippen LogP contribution in [0.3, 0.4) is 0 Å². The number of fused-ring (bicyclic) bond motifs is 1. The molecule has 1 aromatic carbocycles. The molecule has 0 saturated carbocycles. The topological polar surface area (TPSA) is 76.6 Å². The molecule has 3 aromatic rings. The SMILES string of the molecule is Cc1nc2ncnn2c(C)c1CCC(=O)NCc1ccc(C[NH+]2CCCCC2)cc1. The summed E-state index contributed by atoms with van der Waals surface area (Å²) in [6.07, 6.45) is 6.66. The van der Waals surface area contributed by atoms with Gasteiger partial charge >= 0.3 is 0 Å². The summed E-state index contributed by atoms with van der Waals surface area (Å²) in [5.41, 5.74) is 5.48. The van der Waals surface area contributed by atoms with Crippen LogP contribution in [0.4, 0.5) is 0 Å². The average molecular weight is 408 g/mol. The Bertz CT molecular complexity index is 1000. The highest BCUT2D eigenvalue weighted by atomic mass is 16.1. The molecule has 4 rings (SSSR count). The second kappa shape index (κ2) is 9.34. The molecule has 0 spiro atoms. The van der Waals surface area contributed by atoms with Crippen molar-refractivity contribution in [2.75, 3.05) is 13.1 Å². The van der Waals surface area contributed by atoms with E-state index in [9.17, 15) is 4.79 Å². The first-order valence-corrected chi connectivity index (χ1v) is 10.9. The molecule has 1 fully saturated rings. The molecular formula is C23H31N6O+. The second-order valence-corrected chi connectivity index (χ2v) is 8.31. The Balaban J connectivity index is 1.27. The molecule has 158 valence electrons. The van der Waals surface area contributed by atoms with Gasteiger partial charge in [0, 0.05) is 29.9 Å². The zero-order chi connectivity index (χ0) is 20.9. The summed E-state index contributed by atoms with van der Waals surface area (Å²) in [6, 6.07) is 8.68. The van der Waals surface area contributed by atoms with E-state index in [1.54, 1.807) is 9.42 Å². The number of hydrogen-bond acceptors (Lipinski definition) is 4. The minimum Gasteiger partial charge on any atom is -0.352 e. The van der Waals surface area contributed by atoms with Gasteiger partial charge in [-0.05, 0) is 50.7 Å². The number of quaternary nitrogens is 1. The number of hydrogen-bond donors (Lipinski definition) is 2. The van der Waals surface area contributed by atoms with Gasteiger partial charge in [-0.25, -0.2) is 9.50 Å². The number of benzene rings is 1. The molecule has 7 heteroatoms. The minimum atomic E-state index is 0.0503. The third-order valence-electron chi connectivity index (χ3n) is 6.12. The maximum atomic E-state index is 12.4. The molecule has 2 N–H and O–H groups in total. The summed E-state index contributed by atoms with van der Waals surface area (Å²) in [4.78, 5) is 22.7. The molecule has 1 aliphatic heterocycles. The van der Waals surface area contributed by atoms with Gasteiger partial charge in [-0.1, -0.05) is 24.3 Å². The first-order chi connectivity index (χ1) is 14.6. The lowest BCUT2D eigenvalue weighted by Crippen LogP contribution is -3.11. The highest BCUT2D eigenvalue weighted by Crippen LogP contribution is 2.15. The number of nitrogens with one attached hydrogen (secondary N) is 2. The fraction of sp³-hybridized carbons (Fsp3) is 0.478. The van der Waals surface area contributed by atoms with Gasteiger partial charge in [-0.2, -0.15) is 10.1 Å². The Morgan fingerprint density at radius 2 is 1.83 bits per heavy atom. The van der Waals surface area contributed by atoms with Crippen molar-refractivity contribution in [2.24, 2.45) is 0 Å². The Morgan fingerprint density at radius 3 is 2.60 bits per heavy atom. The van der Waals surface area contributed by atoms with E-state index in [0.29, 0.717) is 25.2 Å². The third-order valence-corrected chi connectivity index (χ3v) is 6.12. The van der Waals surface area contributed by atoms with Crippen LogP contribution in [-0.4, -0.2) is 38.6 Å². The number of nitrogens with zero attached hydrogens (tertiary/aromatic N) is 4. The van der Waals surface area contributed by atoms with E-state index in [1.165, 1.54) is 44.2 Å². The predicted molar refractivity (Wildman–Crippen MR) is 115 cm³/mol. The zero-order valence-corrected chi connectivity index (χ0v) is 17.9. The summed E-state index contributed by atoms with van der Waals surface area (Å²) in [5.74, 6) is 0.651. The largest absolute Gasteiger partial charge is 0.352 e. The summed E-state index contributed by atoms with van der Waals surface area (Å²) in [7, 11) is 0. The zero-order valence-electron chi connectivity index (χ0n) is 17.9. The Labute approximate surface area is 177 Å². The first kappa shape index (κ1) is 20.5. The quantitative estimate of drug-likeness (QED) is 0.623. The Morgan fingerprint density at radius 1 is 1.10 bits per heavy atom. The molecule has 0 radical (unpaired) electrons. The minimum absolute atomic E-state index is 0.0503. The van der Waals surface area contributed by atoms with Crippen molar-refractivity contribution >= 4 is 11.7 Å². The monoisotopic (exact) mass is 407 g/mol. The van der Waals surface area contributed by atoms with Gasteiger partial charge in [0.25, 0.3) is 5.78 Å². The van der Waals surface area contributed by atoms with Crippen molar-refractivity contribution in [2.45, 2.75) is 59.0 Å². The van der Waals surface area contributed by atoms with Gasteiger partial charge in [0.05, 0.1) is 13.1 Å². The van der Waals surface area contributed by atoms with E-state index in [0.717, 1.165) is 29.1 Å². The highest BCUT2D eigenvalue weighted by molar-refractivity contribution is 5.76. The van der Waals surface area contributed by atoms with Crippen LogP contribution in [0.15, 0.2) is 30.6 Å². The molecule has 1 aliphatic rings. The van der Waals surface area contributed by atoms with Crippen LogP contribution in [0.5, 0.6) is 0 Å². The van der Waals surface area contributed by atoms with Crippen LogP contribution < -0.4 is 10.2 Å². The van der Waals surface area contributed by atoms with Gasteiger partial charge in [-0.15, -0.1) is 0 Å². The standard InChI is InChI=1S/C23H30N6O/c1-17-21(18(2)29-23(27-17)25-16-26-29)10-11-22(30)24-14-19-6-8-20(9-7-19)15-28-12-4-3-5-13-28/h6-9,16H,3-5,10-15H2,1-2H3,(H,24,30)/p+1. The molecule has 3 heterocycles. The molecule has 30 heavy (non-hydrogen) atoms. The summed E-state index contributed by atoms with van der Waals surface area (Å²) in [6.45, 7) is 8.20. The van der Waals surface area contributed by atoms with E-state index < -0.39 is 0 Å². The van der Waals surface area contributed by atoms with E-state index in [-0.39, 0.29) is 5.91 Å². The van der Waals surface area contributed by atoms with Crippen molar-refractivity contribution < 1.29 is 9.69 Å². The highest BCUT2D eigenvalue weighted by Gasteiger charge is 2.14. The molecule has 7 nitrogen and oxygen atoms in total. The van der Waals surface area contributed by atoms with Gasteiger partial charge in [0.2, 0.25) is 5.91 Å². The fourth-order valence-electron chi connectivity index (χ4n) is 4.34. The summed E-state index contributed by atoms with van der Waals surface area (Å²) >= 11 is 0. The Hall–Kier alpha value is -2.80. The number of aromatic nitrogens is 4. The summed E-state index contributed by atoms with van der Waals surface area (Å²) < 4.78 is 1.73. The average Bonchev–Trinajstić information content (AvgIpc) is 3.22. The van der Waals surface area contributed by atoms with Crippen molar-refractivity contribution in [3.63, 3.8) is 0 Å². The normalized spacial score (nSPS) is 14.9. The Kier molecular flexibility index (Phi) is 6.38. The molecule has 1 amide bonds. The summed E-state index contributed by atoms with van der Waals surface area (Å²) in [5, 5.41) is 7.25. The molecule has 0 bridgehead atoms. The lowest BCUT2D eigenvalue weighted by molar-refractivity contribution is -0.918. The smallest absolute Gasteiger partial charge is 0.252 e. The van der Waals surface area contributed by atoms with E-state index in [1.807, 2.05) is 13.8 Å². The molecule has 0 unspecified atom stereocenters. The van der Waals surface area contributed by atoms with Gasteiger partial charge in [0.15, 0.2) is 0 Å². The van der Waals surface area contributed by atoms with Crippen molar-refractivity contribution in [3.8, 4) is 0 Å². The molecule has 0 aliphatic carbocycles. The van der Waals surface area contributed by atoms with Crippen molar-refractivity contribution in [1.29, 1.82) is 0 Å². The number of aryl methyl sites for hydroxylation is 2. The van der Waals surface area contributed by atoms with Crippen LogP contribution >= 0.6 is 0 Å². The number of carbonyl (C=O) groups excluding carboxylic acids is 1. The molecule has 2 aromatic heterocycles.